The first-order valence-corrected chi connectivity index (χ1v) is 9.77. The van der Waals surface area contributed by atoms with Gasteiger partial charge in [-0.15, -0.1) is 21.5 Å². The van der Waals surface area contributed by atoms with Gasteiger partial charge in [0.2, 0.25) is 5.95 Å². The van der Waals surface area contributed by atoms with Crippen LogP contribution >= 0.6 is 11.3 Å². The van der Waals surface area contributed by atoms with Gasteiger partial charge < -0.3 is 22.1 Å². The summed E-state index contributed by atoms with van der Waals surface area (Å²) >= 11 is 1.41. The highest BCUT2D eigenvalue weighted by Crippen LogP contribution is 2.34. The van der Waals surface area contributed by atoms with Crippen LogP contribution < -0.4 is 22.1 Å². The van der Waals surface area contributed by atoms with Crippen LogP contribution in [0.1, 0.15) is 29.8 Å². The second-order valence-electron chi connectivity index (χ2n) is 6.76. The van der Waals surface area contributed by atoms with Crippen molar-refractivity contribution in [2.24, 2.45) is 11.5 Å². The maximum absolute atomic E-state index is 13.9. The summed E-state index contributed by atoms with van der Waals surface area (Å²) < 4.78 is 27.8. The van der Waals surface area contributed by atoms with Crippen LogP contribution in [0.3, 0.4) is 0 Å². The number of pyridine rings is 1. The van der Waals surface area contributed by atoms with Gasteiger partial charge in [0.1, 0.15) is 4.83 Å². The van der Waals surface area contributed by atoms with E-state index in [4.69, 9.17) is 11.5 Å². The molecule has 1 amide bonds. The van der Waals surface area contributed by atoms with Crippen molar-refractivity contribution >= 4 is 44.9 Å². The number of amides is 1. The molecular formula is C17H18F2N8OS. The standard InChI is InChI=1S/C17H18F2N8OS/c18-17(19)5-1-4-9(12(17)20)24-16-25-14(11(13(21)28)26-27-16)23-10-7-29-15-8(10)3-2-6-22-15/h2-3,6-7,9,12H,1,4-5,20H2,(H2,21,28)(H2,23,24,25,27)/t9-,12-/m1/s1. The molecule has 2 atom stereocenters. The zero-order valence-corrected chi connectivity index (χ0v) is 15.9. The van der Waals surface area contributed by atoms with Crippen molar-refractivity contribution in [3.8, 4) is 0 Å². The predicted octanol–water partition coefficient (Wildman–Crippen LogP) is 2.25. The summed E-state index contributed by atoms with van der Waals surface area (Å²) in [6.07, 6.45) is 2.19. The number of thiophene rings is 1. The summed E-state index contributed by atoms with van der Waals surface area (Å²) in [5.41, 5.74) is 11.6. The maximum atomic E-state index is 13.9. The number of aromatic nitrogens is 4. The summed E-state index contributed by atoms with van der Waals surface area (Å²) in [6.45, 7) is 0. The molecule has 0 spiro atoms. The average molecular weight is 420 g/mol. The van der Waals surface area contributed by atoms with E-state index in [-0.39, 0.29) is 23.9 Å². The molecule has 1 saturated carbocycles. The minimum Gasteiger partial charge on any atom is -0.364 e. The van der Waals surface area contributed by atoms with Crippen LogP contribution in [0.5, 0.6) is 0 Å². The van der Waals surface area contributed by atoms with Gasteiger partial charge in [0.05, 0.1) is 17.8 Å². The molecule has 4 rings (SSSR count). The lowest BCUT2D eigenvalue weighted by atomic mass is 9.87. The number of halogens is 2. The Balaban J connectivity index is 1.63. The highest BCUT2D eigenvalue weighted by Gasteiger charge is 2.45. The van der Waals surface area contributed by atoms with Gasteiger partial charge in [-0.1, -0.05) is 0 Å². The van der Waals surface area contributed by atoms with Gasteiger partial charge in [0.25, 0.3) is 11.8 Å². The Morgan fingerprint density at radius 3 is 2.97 bits per heavy atom. The molecule has 0 aliphatic heterocycles. The molecule has 0 unspecified atom stereocenters. The molecular weight excluding hydrogens is 402 g/mol. The fraction of sp³-hybridized carbons (Fsp3) is 0.353. The predicted molar refractivity (Wildman–Crippen MR) is 105 cm³/mol. The molecule has 3 aromatic heterocycles. The number of carbonyl (C=O) groups excluding carboxylic acids is 1. The molecule has 0 bridgehead atoms. The summed E-state index contributed by atoms with van der Waals surface area (Å²) in [5, 5.41) is 16.1. The Bertz CT molecular complexity index is 1060. The molecule has 3 heterocycles. The zero-order valence-electron chi connectivity index (χ0n) is 15.1. The van der Waals surface area contributed by atoms with Crippen LogP contribution in [0.4, 0.5) is 26.2 Å². The molecule has 152 valence electrons. The first-order valence-electron chi connectivity index (χ1n) is 8.89. The smallest absolute Gasteiger partial charge is 0.273 e. The lowest BCUT2D eigenvalue weighted by molar-refractivity contribution is -0.0555. The maximum Gasteiger partial charge on any atom is 0.273 e. The number of rotatable bonds is 5. The Kier molecular flexibility index (Phi) is 4.96. The van der Waals surface area contributed by atoms with Crippen molar-refractivity contribution in [3.05, 3.63) is 29.4 Å². The third-order valence-electron chi connectivity index (χ3n) is 4.78. The van der Waals surface area contributed by atoms with Crippen molar-refractivity contribution in [3.63, 3.8) is 0 Å². The number of carbonyl (C=O) groups is 1. The second-order valence-corrected chi connectivity index (χ2v) is 7.62. The topological polar surface area (TPSA) is 145 Å². The van der Waals surface area contributed by atoms with E-state index in [1.807, 2.05) is 11.4 Å². The Morgan fingerprint density at radius 2 is 2.17 bits per heavy atom. The SMILES string of the molecule is NC(=O)c1nnc(N[C@@H]2CCCC(F)(F)[C@@H]2N)nc1Nc1csc2ncccc12. The zero-order chi connectivity index (χ0) is 20.6. The fourth-order valence-electron chi connectivity index (χ4n) is 3.26. The van der Waals surface area contributed by atoms with Crippen molar-refractivity contribution in [2.45, 2.75) is 37.3 Å². The van der Waals surface area contributed by atoms with Gasteiger partial charge in [-0.25, -0.2) is 13.8 Å². The number of fused-ring (bicyclic) bond motifs is 1. The molecule has 0 aromatic carbocycles. The lowest BCUT2D eigenvalue weighted by Gasteiger charge is -2.35. The molecule has 3 aromatic rings. The van der Waals surface area contributed by atoms with Crippen LogP contribution in [0.15, 0.2) is 23.7 Å². The third kappa shape index (κ3) is 3.80. The van der Waals surface area contributed by atoms with Gasteiger partial charge in [-0.2, -0.15) is 4.98 Å². The number of hydrogen-bond donors (Lipinski definition) is 4. The van der Waals surface area contributed by atoms with Crippen molar-refractivity contribution in [1.82, 2.24) is 20.2 Å². The van der Waals surface area contributed by atoms with E-state index < -0.39 is 23.9 Å². The van der Waals surface area contributed by atoms with E-state index in [1.54, 1.807) is 12.3 Å². The number of nitrogens with zero attached hydrogens (tertiary/aromatic N) is 4. The summed E-state index contributed by atoms with van der Waals surface area (Å²) in [4.78, 5) is 21.0. The van der Waals surface area contributed by atoms with Crippen LogP contribution in [0.25, 0.3) is 10.2 Å². The molecule has 0 radical (unpaired) electrons. The molecule has 12 heteroatoms. The fourth-order valence-corrected chi connectivity index (χ4v) is 4.10. The summed E-state index contributed by atoms with van der Waals surface area (Å²) in [5.74, 6) is -3.75. The Morgan fingerprint density at radius 1 is 1.34 bits per heavy atom. The number of nitrogens with one attached hydrogen (secondary N) is 2. The quantitative estimate of drug-likeness (QED) is 0.492. The van der Waals surface area contributed by atoms with Gasteiger partial charge in [-0.05, 0) is 25.0 Å². The van der Waals surface area contributed by atoms with Crippen LogP contribution in [0, 0.1) is 0 Å². The van der Waals surface area contributed by atoms with E-state index in [0.717, 1.165) is 10.2 Å². The molecule has 29 heavy (non-hydrogen) atoms. The highest BCUT2D eigenvalue weighted by molar-refractivity contribution is 7.17. The Hall–Kier alpha value is -2.99. The monoisotopic (exact) mass is 420 g/mol. The van der Waals surface area contributed by atoms with E-state index in [9.17, 15) is 13.6 Å². The number of hydrogen-bond acceptors (Lipinski definition) is 9. The lowest BCUT2D eigenvalue weighted by Crippen LogP contribution is -2.55. The third-order valence-corrected chi connectivity index (χ3v) is 5.69. The van der Waals surface area contributed by atoms with Gasteiger partial charge in [0, 0.05) is 23.4 Å². The van der Waals surface area contributed by atoms with Crippen molar-refractivity contribution < 1.29 is 13.6 Å². The van der Waals surface area contributed by atoms with Crippen molar-refractivity contribution in [1.29, 1.82) is 0 Å². The second kappa shape index (κ2) is 7.44. The largest absolute Gasteiger partial charge is 0.364 e. The van der Waals surface area contributed by atoms with E-state index >= 15 is 0 Å². The molecule has 6 N–H and O–H groups in total. The first kappa shape index (κ1) is 19.3. The number of nitrogens with two attached hydrogens (primary N) is 2. The molecule has 1 aliphatic rings. The molecule has 0 saturated heterocycles. The van der Waals surface area contributed by atoms with Crippen LogP contribution in [0.2, 0.25) is 0 Å². The Labute approximate surface area is 167 Å². The first-order chi connectivity index (χ1) is 13.8. The van der Waals surface area contributed by atoms with Crippen LogP contribution in [-0.2, 0) is 0 Å². The number of anilines is 3. The average Bonchev–Trinajstić information content (AvgIpc) is 3.08. The van der Waals surface area contributed by atoms with Gasteiger partial charge >= 0.3 is 0 Å². The van der Waals surface area contributed by atoms with Crippen molar-refractivity contribution in [2.75, 3.05) is 10.6 Å². The summed E-state index contributed by atoms with van der Waals surface area (Å²) in [6, 6.07) is 1.55. The number of alkyl halides is 2. The normalized spacial score (nSPS) is 21.1. The van der Waals surface area contributed by atoms with Crippen LogP contribution in [-0.4, -0.2) is 44.1 Å². The van der Waals surface area contributed by atoms with E-state index in [0.29, 0.717) is 18.5 Å². The van der Waals surface area contributed by atoms with E-state index in [1.165, 1.54) is 11.3 Å². The minimum absolute atomic E-state index is 0.0201. The molecule has 1 aliphatic carbocycles. The molecule has 1 fully saturated rings. The minimum atomic E-state index is -2.97. The summed E-state index contributed by atoms with van der Waals surface area (Å²) in [7, 11) is 0. The highest BCUT2D eigenvalue weighted by atomic mass is 32.1. The van der Waals surface area contributed by atoms with Gasteiger partial charge in [0.15, 0.2) is 11.5 Å². The van der Waals surface area contributed by atoms with E-state index in [2.05, 4.69) is 30.8 Å². The molecule has 9 nitrogen and oxygen atoms in total. The number of primary amides is 1. The van der Waals surface area contributed by atoms with Gasteiger partial charge in [-0.3, -0.25) is 4.79 Å².